The quantitative estimate of drug-likeness (QED) is 0.757. The second-order valence-electron chi connectivity index (χ2n) is 5.37. The first-order valence-corrected chi connectivity index (χ1v) is 8.45. The average Bonchev–Trinajstić information content (AvgIpc) is 3.08. The summed E-state index contributed by atoms with van der Waals surface area (Å²) in [6, 6.07) is 2.02. The molecule has 5 heteroatoms. The van der Waals surface area contributed by atoms with Crippen LogP contribution >= 0.6 is 27.3 Å². The fourth-order valence-electron chi connectivity index (χ4n) is 2.72. The fourth-order valence-corrected chi connectivity index (χ4v) is 4.42. The van der Waals surface area contributed by atoms with Crippen LogP contribution in [-0.2, 0) is 6.54 Å². The molecule has 0 atom stereocenters. The normalized spacial score (nSPS) is 15.2. The van der Waals surface area contributed by atoms with Crippen LogP contribution in [0.4, 0.5) is 0 Å². The number of carbonyl (C=O) groups excluding carboxylic acids is 1. The first kappa shape index (κ1) is 13.9. The molecule has 3 nitrogen and oxygen atoms in total. The van der Waals surface area contributed by atoms with Gasteiger partial charge in [0.05, 0.1) is 14.7 Å². The van der Waals surface area contributed by atoms with Gasteiger partial charge in [0.15, 0.2) is 0 Å². The van der Waals surface area contributed by atoms with E-state index in [1.807, 2.05) is 17.9 Å². The molecule has 0 aliphatic carbocycles. The minimum atomic E-state index is 0.152. The van der Waals surface area contributed by atoms with Crippen LogP contribution in [0.1, 0.15) is 30.3 Å². The van der Waals surface area contributed by atoms with E-state index in [9.17, 15) is 4.79 Å². The predicted octanol–water partition coefficient (Wildman–Crippen LogP) is 4.28. The Kier molecular flexibility index (Phi) is 3.73. The number of aromatic nitrogens is 1. The minimum Gasteiger partial charge on any atom is -0.337 e. The second-order valence-corrected chi connectivity index (χ2v) is 7.13. The summed E-state index contributed by atoms with van der Waals surface area (Å²) >= 11 is 5.26. The van der Waals surface area contributed by atoms with Crippen LogP contribution < -0.4 is 0 Å². The van der Waals surface area contributed by atoms with E-state index in [-0.39, 0.29) is 5.91 Å². The molecule has 0 spiro atoms. The maximum absolute atomic E-state index is 12.7. The van der Waals surface area contributed by atoms with E-state index in [0.29, 0.717) is 6.54 Å². The molecule has 1 aliphatic heterocycles. The molecule has 1 saturated heterocycles. The lowest BCUT2D eigenvalue weighted by Crippen LogP contribution is -2.29. The lowest BCUT2D eigenvalue weighted by molar-refractivity contribution is 0.0783. The van der Waals surface area contributed by atoms with Gasteiger partial charge in [0.25, 0.3) is 5.91 Å². The van der Waals surface area contributed by atoms with E-state index < -0.39 is 0 Å². The van der Waals surface area contributed by atoms with Gasteiger partial charge in [-0.15, -0.1) is 11.3 Å². The lowest BCUT2D eigenvalue weighted by atomic mass is 10.3. The number of amides is 1. The number of carbonyl (C=O) groups is 1. The maximum Gasteiger partial charge on any atom is 0.270 e. The molecule has 1 amide bonds. The van der Waals surface area contributed by atoms with Crippen molar-refractivity contribution in [1.29, 1.82) is 0 Å². The summed E-state index contributed by atoms with van der Waals surface area (Å²) < 4.78 is 4.30. The summed E-state index contributed by atoms with van der Waals surface area (Å²) in [5.41, 5.74) is 2.95. The van der Waals surface area contributed by atoms with Gasteiger partial charge in [-0.25, -0.2) is 0 Å². The van der Waals surface area contributed by atoms with Crippen molar-refractivity contribution in [2.45, 2.75) is 26.3 Å². The summed E-state index contributed by atoms with van der Waals surface area (Å²) in [7, 11) is 0. The fraction of sp³-hybridized carbons (Fsp3) is 0.400. The molecule has 2 aromatic rings. The molecular weight excluding hydrogens is 336 g/mol. The summed E-state index contributed by atoms with van der Waals surface area (Å²) in [5.74, 6) is 0.152. The van der Waals surface area contributed by atoms with Gasteiger partial charge in [-0.2, -0.15) is 0 Å². The van der Waals surface area contributed by atoms with E-state index in [0.717, 1.165) is 51.9 Å². The Labute approximate surface area is 131 Å². The highest BCUT2D eigenvalue weighted by molar-refractivity contribution is 9.10. The van der Waals surface area contributed by atoms with Crippen molar-refractivity contribution in [3.05, 3.63) is 33.8 Å². The zero-order valence-corrected chi connectivity index (χ0v) is 13.9. The number of nitrogens with zero attached hydrogens (tertiary/aromatic N) is 2. The summed E-state index contributed by atoms with van der Waals surface area (Å²) in [6.45, 7) is 8.44. The molecule has 3 rings (SSSR count). The van der Waals surface area contributed by atoms with Gasteiger partial charge in [-0.1, -0.05) is 12.2 Å². The molecule has 0 bridgehead atoms. The van der Waals surface area contributed by atoms with Crippen molar-refractivity contribution in [1.82, 2.24) is 9.47 Å². The highest BCUT2D eigenvalue weighted by Gasteiger charge is 2.24. The standard InChI is InChI=1S/C15H17BrN2OS/c1-10(2)8-18-12(15(19)17-5-3-4-6-17)7-13-14(18)11(16)9-20-13/h7,9H,1,3-6,8H2,2H3. The highest BCUT2D eigenvalue weighted by Crippen LogP contribution is 2.34. The van der Waals surface area contributed by atoms with Crippen LogP contribution in [0.3, 0.4) is 0 Å². The molecule has 20 heavy (non-hydrogen) atoms. The SMILES string of the molecule is C=C(C)Cn1c(C(=O)N2CCCC2)cc2scc(Br)c21. The molecule has 1 aliphatic rings. The number of halogens is 1. The third-order valence-corrected chi connectivity index (χ3v) is 5.44. The largest absolute Gasteiger partial charge is 0.337 e. The third kappa shape index (κ3) is 2.33. The van der Waals surface area contributed by atoms with E-state index in [2.05, 4.69) is 32.5 Å². The Morgan fingerprint density at radius 1 is 1.45 bits per heavy atom. The summed E-state index contributed by atoms with van der Waals surface area (Å²) in [6.07, 6.45) is 2.23. The van der Waals surface area contributed by atoms with Gasteiger partial charge in [0.2, 0.25) is 0 Å². The lowest BCUT2D eigenvalue weighted by Gasteiger charge is -2.17. The summed E-state index contributed by atoms with van der Waals surface area (Å²) in [4.78, 5) is 14.7. The van der Waals surface area contributed by atoms with Crippen molar-refractivity contribution in [3.63, 3.8) is 0 Å². The second kappa shape index (κ2) is 5.37. The van der Waals surface area contributed by atoms with Gasteiger partial charge in [0.1, 0.15) is 5.69 Å². The number of likely N-dealkylation sites (tertiary alicyclic amines) is 1. The molecular formula is C15H17BrN2OS. The van der Waals surface area contributed by atoms with Crippen LogP contribution in [0, 0.1) is 0 Å². The highest BCUT2D eigenvalue weighted by atomic mass is 79.9. The van der Waals surface area contributed by atoms with Crippen LogP contribution in [0.15, 0.2) is 28.1 Å². The molecule has 1 fully saturated rings. The van der Waals surface area contributed by atoms with Crippen LogP contribution in [0.5, 0.6) is 0 Å². The van der Waals surface area contributed by atoms with Gasteiger partial charge in [0, 0.05) is 25.0 Å². The van der Waals surface area contributed by atoms with Crippen LogP contribution in [0.25, 0.3) is 10.2 Å². The average molecular weight is 353 g/mol. The molecule has 0 unspecified atom stereocenters. The van der Waals surface area contributed by atoms with Crippen molar-refractivity contribution in [2.24, 2.45) is 0 Å². The van der Waals surface area contributed by atoms with Crippen molar-refractivity contribution in [2.75, 3.05) is 13.1 Å². The topological polar surface area (TPSA) is 25.2 Å². The van der Waals surface area contributed by atoms with E-state index in [1.54, 1.807) is 11.3 Å². The van der Waals surface area contributed by atoms with Crippen molar-refractivity contribution < 1.29 is 4.79 Å². The minimum absolute atomic E-state index is 0.152. The van der Waals surface area contributed by atoms with Gasteiger partial charge in [-0.3, -0.25) is 4.79 Å². The van der Waals surface area contributed by atoms with Gasteiger partial charge < -0.3 is 9.47 Å². The smallest absolute Gasteiger partial charge is 0.270 e. The maximum atomic E-state index is 12.7. The monoisotopic (exact) mass is 352 g/mol. The zero-order valence-electron chi connectivity index (χ0n) is 11.5. The molecule has 106 valence electrons. The van der Waals surface area contributed by atoms with Crippen LogP contribution in [-0.4, -0.2) is 28.5 Å². The zero-order chi connectivity index (χ0) is 14.3. The van der Waals surface area contributed by atoms with Crippen LogP contribution in [0.2, 0.25) is 0 Å². The Hall–Kier alpha value is -1.07. The number of fused-ring (bicyclic) bond motifs is 1. The summed E-state index contributed by atoms with van der Waals surface area (Å²) in [5, 5.41) is 2.07. The Morgan fingerprint density at radius 2 is 2.15 bits per heavy atom. The Morgan fingerprint density at radius 3 is 2.80 bits per heavy atom. The van der Waals surface area contributed by atoms with E-state index in [1.165, 1.54) is 0 Å². The molecule has 0 aromatic carbocycles. The molecule has 3 heterocycles. The predicted molar refractivity (Wildman–Crippen MR) is 87.5 cm³/mol. The number of hydrogen-bond donors (Lipinski definition) is 0. The van der Waals surface area contributed by atoms with Crippen molar-refractivity contribution in [3.8, 4) is 0 Å². The van der Waals surface area contributed by atoms with E-state index >= 15 is 0 Å². The first-order valence-electron chi connectivity index (χ1n) is 6.78. The van der Waals surface area contributed by atoms with Gasteiger partial charge >= 0.3 is 0 Å². The first-order chi connectivity index (χ1) is 9.58. The molecule has 0 saturated carbocycles. The number of thiophene rings is 1. The van der Waals surface area contributed by atoms with Gasteiger partial charge in [-0.05, 0) is 41.8 Å². The molecule has 0 radical (unpaired) electrons. The number of hydrogen-bond acceptors (Lipinski definition) is 2. The molecule has 2 aromatic heterocycles. The van der Waals surface area contributed by atoms with Crippen molar-refractivity contribution >= 4 is 43.4 Å². The Balaban J connectivity index is 2.08. The molecule has 0 N–H and O–H groups in total. The number of rotatable bonds is 3. The third-order valence-electron chi connectivity index (χ3n) is 3.62. The van der Waals surface area contributed by atoms with E-state index in [4.69, 9.17) is 0 Å². The number of allylic oxidation sites excluding steroid dienone is 1. The Bertz CT molecular complexity index is 679.